The number of nitro groups is 1. The van der Waals surface area contributed by atoms with Crippen LogP contribution in [-0.4, -0.2) is 44.3 Å². The monoisotopic (exact) mass is 361 g/mol. The van der Waals surface area contributed by atoms with E-state index in [0.717, 1.165) is 25.5 Å². The normalized spacial score (nSPS) is 17.3. The van der Waals surface area contributed by atoms with Crippen LogP contribution in [0.5, 0.6) is 0 Å². The van der Waals surface area contributed by atoms with Gasteiger partial charge in [0, 0.05) is 24.7 Å². The summed E-state index contributed by atoms with van der Waals surface area (Å²) in [6.07, 6.45) is 1.53. The number of nitro benzene ring substituents is 1. The Kier molecular flexibility index (Phi) is 5.61. The summed E-state index contributed by atoms with van der Waals surface area (Å²) < 4.78 is 26.8. The van der Waals surface area contributed by atoms with Crippen molar-refractivity contribution < 1.29 is 13.3 Å². The molecule has 0 bridgehead atoms. The number of nitrogens with one attached hydrogen (secondary N) is 1. The molecule has 1 saturated heterocycles. The van der Waals surface area contributed by atoms with E-state index in [1.54, 1.807) is 0 Å². The predicted molar refractivity (Wildman–Crippen MR) is 88.3 cm³/mol. The first-order valence-corrected chi connectivity index (χ1v) is 9.18. The van der Waals surface area contributed by atoms with E-state index < -0.39 is 14.9 Å². The molecule has 1 N–H and O–H groups in total. The van der Waals surface area contributed by atoms with Crippen molar-refractivity contribution in [1.29, 1.82) is 0 Å². The molecule has 0 aliphatic carbocycles. The Morgan fingerprint density at radius 2 is 2.00 bits per heavy atom. The van der Waals surface area contributed by atoms with E-state index in [9.17, 15) is 18.5 Å². The van der Waals surface area contributed by atoms with Crippen molar-refractivity contribution in [2.24, 2.45) is 5.92 Å². The highest BCUT2D eigenvalue weighted by Gasteiger charge is 2.31. The maximum atomic E-state index is 12.7. The number of hydrogen-bond acceptors (Lipinski definition) is 5. The zero-order valence-electron chi connectivity index (χ0n) is 13.1. The van der Waals surface area contributed by atoms with E-state index in [1.807, 2.05) is 7.05 Å². The summed E-state index contributed by atoms with van der Waals surface area (Å²) in [4.78, 5) is 10.3. The minimum Gasteiger partial charge on any atom is -0.319 e. The lowest BCUT2D eigenvalue weighted by Crippen LogP contribution is -2.40. The number of benzene rings is 1. The molecule has 0 atom stereocenters. The molecule has 0 amide bonds. The van der Waals surface area contributed by atoms with Crippen LogP contribution < -0.4 is 5.32 Å². The van der Waals surface area contributed by atoms with Gasteiger partial charge in [0.2, 0.25) is 10.0 Å². The van der Waals surface area contributed by atoms with Crippen LogP contribution in [0.15, 0.2) is 17.0 Å². The summed E-state index contributed by atoms with van der Waals surface area (Å²) in [7, 11) is -1.90. The lowest BCUT2D eigenvalue weighted by molar-refractivity contribution is -0.385. The Hall–Kier alpha value is -1.22. The molecular weight excluding hydrogens is 342 g/mol. The molecule has 1 aliphatic rings. The maximum absolute atomic E-state index is 12.7. The highest BCUT2D eigenvalue weighted by Crippen LogP contribution is 2.32. The molecule has 2 rings (SSSR count). The zero-order valence-corrected chi connectivity index (χ0v) is 14.7. The molecule has 0 spiro atoms. The zero-order chi connectivity index (χ0) is 17.2. The van der Waals surface area contributed by atoms with Gasteiger partial charge in [0.15, 0.2) is 0 Å². The van der Waals surface area contributed by atoms with Gasteiger partial charge >= 0.3 is 0 Å². The van der Waals surface area contributed by atoms with E-state index >= 15 is 0 Å². The number of rotatable bonds is 5. The Balaban J connectivity index is 2.29. The summed E-state index contributed by atoms with van der Waals surface area (Å²) in [5.41, 5.74) is -0.00973. The average molecular weight is 362 g/mol. The van der Waals surface area contributed by atoms with Crippen molar-refractivity contribution in [2.75, 3.05) is 26.7 Å². The van der Waals surface area contributed by atoms with Gasteiger partial charge in [-0.25, -0.2) is 8.42 Å². The van der Waals surface area contributed by atoms with Crippen LogP contribution >= 0.6 is 11.6 Å². The second-order valence-corrected chi connectivity index (χ2v) is 8.06. The number of sulfonamides is 1. The highest BCUT2D eigenvalue weighted by molar-refractivity contribution is 7.89. The minimum atomic E-state index is -3.77. The molecule has 1 aromatic rings. The standard InChI is InChI=1S/C14H20ClN3O4S/c1-10-13(15)7-12(8-14(10)18(19)20)23(21,22)17-5-3-11(4-6-17)9-16-2/h7-8,11,16H,3-6,9H2,1-2H3. The summed E-state index contributed by atoms with van der Waals surface area (Å²) in [5.74, 6) is 0.447. The molecule has 9 heteroatoms. The van der Waals surface area contributed by atoms with Crippen LogP contribution in [-0.2, 0) is 10.0 Å². The quantitative estimate of drug-likeness (QED) is 0.641. The Labute approximate surface area is 140 Å². The SMILES string of the molecule is CNCC1CCN(S(=O)(=O)c2cc(Cl)c(C)c([N+](=O)[O-])c2)CC1. The van der Waals surface area contributed by atoms with Crippen molar-refractivity contribution in [3.8, 4) is 0 Å². The van der Waals surface area contributed by atoms with E-state index in [2.05, 4.69) is 5.32 Å². The van der Waals surface area contributed by atoms with Gasteiger partial charge in [0.25, 0.3) is 5.69 Å². The van der Waals surface area contributed by atoms with Crippen LogP contribution in [0.3, 0.4) is 0 Å². The molecule has 1 heterocycles. The van der Waals surface area contributed by atoms with E-state index in [0.29, 0.717) is 19.0 Å². The maximum Gasteiger partial charge on any atom is 0.275 e. The van der Waals surface area contributed by atoms with Crippen molar-refractivity contribution in [1.82, 2.24) is 9.62 Å². The first kappa shape index (κ1) is 18.1. The number of hydrogen-bond donors (Lipinski definition) is 1. The van der Waals surface area contributed by atoms with Crippen LogP contribution in [0.25, 0.3) is 0 Å². The number of halogens is 1. The van der Waals surface area contributed by atoms with Crippen molar-refractivity contribution in [3.63, 3.8) is 0 Å². The average Bonchev–Trinajstić information content (AvgIpc) is 2.50. The van der Waals surface area contributed by atoms with Crippen LogP contribution in [0.4, 0.5) is 5.69 Å². The molecule has 1 aliphatic heterocycles. The molecular formula is C14H20ClN3O4S. The number of nitrogens with zero attached hydrogens (tertiary/aromatic N) is 2. The van der Waals surface area contributed by atoms with Gasteiger partial charge < -0.3 is 5.32 Å². The second-order valence-electron chi connectivity index (χ2n) is 5.71. The molecule has 0 aromatic heterocycles. The Morgan fingerprint density at radius 1 is 1.39 bits per heavy atom. The van der Waals surface area contributed by atoms with E-state index in [4.69, 9.17) is 11.6 Å². The van der Waals surface area contributed by atoms with Crippen LogP contribution in [0.2, 0.25) is 5.02 Å². The Bertz CT molecular complexity index is 700. The summed E-state index contributed by atoms with van der Waals surface area (Å²) in [6.45, 7) is 3.18. The van der Waals surface area contributed by atoms with Crippen LogP contribution in [0.1, 0.15) is 18.4 Å². The molecule has 0 saturated carbocycles. The predicted octanol–water partition coefficient (Wildman–Crippen LogP) is 2.18. The molecule has 7 nitrogen and oxygen atoms in total. The van der Waals surface area contributed by atoms with Gasteiger partial charge in [-0.05, 0) is 45.3 Å². The van der Waals surface area contributed by atoms with Crippen molar-refractivity contribution in [2.45, 2.75) is 24.7 Å². The van der Waals surface area contributed by atoms with Gasteiger partial charge in [-0.3, -0.25) is 10.1 Å². The smallest absolute Gasteiger partial charge is 0.275 e. The fourth-order valence-corrected chi connectivity index (χ4v) is 4.57. The molecule has 1 aromatic carbocycles. The third kappa shape index (κ3) is 3.82. The van der Waals surface area contributed by atoms with Crippen molar-refractivity contribution >= 4 is 27.3 Å². The molecule has 23 heavy (non-hydrogen) atoms. The largest absolute Gasteiger partial charge is 0.319 e. The molecule has 128 valence electrons. The van der Waals surface area contributed by atoms with Gasteiger partial charge in [-0.1, -0.05) is 11.6 Å². The minimum absolute atomic E-state index is 0.0860. The Morgan fingerprint density at radius 3 is 2.52 bits per heavy atom. The number of piperidine rings is 1. The molecule has 0 unspecified atom stereocenters. The topological polar surface area (TPSA) is 92.6 Å². The van der Waals surface area contributed by atoms with Gasteiger partial charge in [-0.15, -0.1) is 0 Å². The second kappa shape index (κ2) is 7.12. The summed E-state index contributed by atoms with van der Waals surface area (Å²) in [5, 5.41) is 14.3. The first-order valence-electron chi connectivity index (χ1n) is 7.36. The molecule has 1 fully saturated rings. The highest BCUT2D eigenvalue weighted by atomic mass is 35.5. The van der Waals surface area contributed by atoms with Gasteiger partial charge in [-0.2, -0.15) is 4.31 Å². The fraction of sp³-hybridized carbons (Fsp3) is 0.571. The van der Waals surface area contributed by atoms with Gasteiger partial charge in [0.05, 0.1) is 14.8 Å². The van der Waals surface area contributed by atoms with E-state index in [-0.39, 0.29) is 21.2 Å². The fourth-order valence-electron chi connectivity index (χ4n) is 2.77. The molecule has 0 radical (unpaired) electrons. The van der Waals surface area contributed by atoms with Crippen molar-refractivity contribution in [3.05, 3.63) is 32.8 Å². The lowest BCUT2D eigenvalue weighted by Gasteiger charge is -2.31. The summed E-state index contributed by atoms with van der Waals surface area (Å²) in [6, 6.07) is 2.38. The van der Waals surface area contributed by atoms with Crippen LogP contribution in [0, 0.1) is 23.0 Å². The van der Waals surface area contributed by atoms with E-state index in [1.165, 1.54) is 17.3 Å². The third-order valence-electron chi connectivity index (χ3n) is 4.19. The lowest BCUT2D eigenvalue weighted by atomic mass is 9.98. The third-order valence-corrected chi connectivity index (χ3v) is 6.46. The van der Waals surface area contributed by atoms with Gasteiger partial charge in [0.1, 0.15) is 0 Å². The summed E-state index contributed by atoms with van der Waals surface area (Å²) >= 11 is 5.98. The first-order chi connectivity index (χ1) is 10.8.